The lowest BCUT2D eigenvalue weighted by Gasteiger charge is -2.30. The molecule has 5 atom stereocenters. The first-order valence-electron chi connectivity index (χ1n) is 7.91. The number of carbonyl (C=O) groups excluding carboxylic acids is 2. The largest absolute Gasteiger partial charge is 0.481 e. The molecule has 1 heterocycles. The van der Waals surface area contributed by atoms with Gasteiger partial charge in [0.1, 0.15) is 0 Å². The molecule has 6 nitrogen and oxygen atoms in total. The van der Waals surface area contributed by atoms with E-state index in [0.29, 0.717) is 5.92 Å². The van der Waals surface area contributed by atoms with E-state index in [2.05, 4.69) is 5.32 Å². The van der Waals surface area contributed by atoms with Gasteiger partial charge in [0, 0.05) is 12.1 Å². The van der Waals surface area contributed by atoms with Crippen LogP contribution in [0, 0.1) is 17.8 Å². The first-order valence-corrected chi connectivity index (χ1v) is 7.91. The monoisotopic (exact) mass is 292 g/mol. The molecule has 114 valence electrons. The Bertz CT molecular complexity index is 516. The predicted molar refractivity (Wildman–Crippen MR) is 72.2 cm³/mol. The summed E-state index contributed by atoms with van der Waals surface area (Å²) in [6, 6.07) is -0.557. The second kappa shape index (κ2) is 4.53. The highest BCUT2D eigenvalue weighted by Gasteiger charge is 2.54. The first-order chi connectivity index (χ1) is 10.1. The molecule has 0 spiro atoms. The number of amides is 2. The second-order valence-corrected chi connectivity index (χ2v) is 6.98. The Morgan fingerprint density at radius 1 is 1.14 bits per heavy atom. The van der Waals surface area contributed by atoms with Crippen molar-refractivity contribution < 1.29 is 19.5 Å². The van der Waals surface area contributed by atoms with Gasteiger partial charge in [-0.3, -0.25) is 19.3 Å². The van der Waals surface area contributed by atoms with Crippen molar-refractivity contribution in [1.29, 1.82) is 0 Å². The molecule has 4 rings (SSSR count). The summed E-state index contributed by atoms with van der Waals surface area (Å²) in [5.74, 6) is -0.840. The Morgan fingerprint density at radius 3 is 2.52 bits per heavy atom. The molecule has 21 heavy (non-hydrogen) atoms. The van der Waals surface area contributed by atoms with E-state index in [9.17, 15) is 19.5 Å². The molecule has 2 amide bonds. The van der Waals surface area contributed by atoms with E-state index in [1.807, 2.05) is 0 Å². The number of nitrogens with zero attached hydrogens (tertiary/aromatic N) is 1. The Morgan fingerprint density at radius 2 is 1.86 bits per heavy atom. The van der Waals surface area contributed by atoms with E-state index >= 15 is 0 Å². The van der Waals surface area contributed by atoms with Gasteiger partial charge < -0.3 is 10.4 Å². The molecule has 3 saturated carbocycles. The molecule has 6 heteroatoms. The third kappa shape index (κ3) is 1.99. The van der Waals surface area contributed by atoms with Crippen molar-refractivity contribution in [2.45, 2.75) is 56.7 Å². The lowest BCUT2D eigenvalue weighted by atomic mass is 9.84. The van der Waals surface area contributed by atoms with Crippen LogP contribution < -0.4 is 5.32 Å². The summed E-state index contributed by atoms with van der Waals surface area (Å²) in [5, 5.41) is 12.7. The van der Waals surface area contributed by atoms with Gasteiger partial charge >= 0.3 is 5.97 Å². The average molecular weight is 292 g/mol. The van der Waals surface area contributed by atoms with Gasteiger partial charge in [0.25, 0.3) is 0 Å². The van der Waals surface area contributed by atoms with Crippen molar-refractivity contribution in [2.24, 2.45) is 17.8 Å². The molecular weight excluding hydrogens is 272 g/mol. The second-order valence-electron chi connectivity index (χ2n) is 6.98. The van der Waals surface area contributed by atoms with Crippen molar-refractivity contribution in [3.8, 4) is 0 Å². The molecule has 1 saturated heterocycles. The van der Waals surface area contributed by atoms with Gasteiger partial charge in [0.05, 0.1) is 18.4 Å². The summed E-state index contributed by atoms with van der Waals surface area (Å²) >= 11 is 0. The Labute approximate surface area is 122 Å². The maximum absolute atomic E-state index is 12.4. The summed E-state index contributed by atoms with van der Waals surface area (Å²) in [7, 11) is 0. The van der Waals surface area contributed by atoms with Gasteiger partial charge in [-0.1, -0.05) is 0 Å². The minimum absolute atomic E-state index is 0.102. The number of likely N-dealkylation sites (tertiary alicyclic amines) is 1. The minimum atomic E-state index is -0.768. The topological polar surface area (TPSA) is 86.7 Å². The van der Waals surface area contributed by atoms with Gasteiger partial charge in [0.15, 0.2) is 0 Å². The van der Waals surface area contributed by atoms with Crippen LogP contribution in [0.3, 0.4) is 0 Å². The van der Waals surface area contributed by atoms with Gasteiger partial charge in [0.2, 0.25) is 11.8 Å². The normalized spacial score (nSPS) is 42.1. The van der Waals surface area contributed by atoms with E-state index in [1.54, 1.807) is 0 Å². The van der Waals surface area contributed by atoms with Crippen LogP contribution in [0.25, 0.3) is 0 Å². The van der Waals surface area contributed by atoms with Gasteiger partial charge in [-0.2, -0.15) is 0 Å². The van der Waals surface area contributed by atoms with Crippen molar-refractivity contribution in [3.63, 3.8) is 0 Å². The molecule has 4 fully saturated rings. The molecule has 2 bridgehead atoms. The van der Waals surface area contributed by atoms with E-state index in [-0.39, 0.29) is 36.2 Å². The summed E-state index contributed by atoms with van der Waals surface area (Å²) < 4.78 is 0. The van der Waals surface area contributed by atoms with Crippen molar-refractivity contribution in [3.05, 3.63) is 0 Å². The van der Waals surface area contributed by atoms with Gasteiger partial charge in [-0.05, 0) is 43.9 Å². The lowest BCUT2D eigenvalue weighted by molar-refractivity contribution is -0.145. The van der Waals surface area contributed by atoms with Crippen molar-refractivity contribution in [1.82, 2.24) is 10.2 Å². The smallest absolute Gasteiger partial charge is 0.308 e. The van der Waals surface area contributed by atoms with Crippen LogP contribution in [-0.4, -0.2) is 45.9 Å². The van der Waals surface area contributed by atoms with Crippen LogP contribution in [-0.2, 0) is 14.4 Å². The van der Waals surface area contributed by atoms with Crippen LogP contribution >= 0.6 is 0 Å². The van der Waals surface area contributed by atoms with Crippen molar-refractivity contribution in [2.75, 3.05) is 0 Å². The SMILES string of the molecule is O=C(O)C1C2CCC(C2)C1NC1CC(=O)N(C2CC2)C1=O. The van der Waals surface area contributed by atoms with Crippen LogP contribution in [0.1, 0.15) is 38.5 Å². The summed E-state index contributed by atoms with van der Waals surface area (Å²) in [6.07, 6.45) is 4.97. The molecule has 2 N–H and O–H groups in total. The van der Waals surface area contributed by atoms with Crippen LogP contribution in [0.15, 0.2) is 0 Å². The van der Waals surface area contributed by atoms with E-state index in [0.717, 1.165) is 32.1 Å². The minimum Gasteiger partial charge on any atom is -0.481 e. The molecule has 4 aliphatic rings. The molecule has 3 aliphatic carbocycles. The predicted octanol–water partition coefficient (Wildman–Crippen LogP) is 0.365. The number of carbonyl (C=O) groups is 3. The zero-order chi connectivity index (χ0) is 14.7. The Balaban J connectivity index is 1.49. The van der Waals surface area contributed by atoms with E-state index < -0.39 is 17.9 Å². The van der Waals surface area contributed by atoms with Crippen molar-refractivity contribution >= 4 is 17.8 Å². The highest BCUT2D eigenvalue weighted by molar-refractivity contribution is 6.06. The molecule has 5 unspecified atom stereocenters. The standard InChI is InChI=1S/C15H20N2O4/c18-11-6-10(14(19)17(11)9-3-4-9)16-13-8-2-1-7(5-8)12(13)15(20)21/h7-10,12-13,16H,1-6H2,(H,20,21). The average Bonchev–Trinajstić information content (AvgIpc) is 2.94. The highest BCUT2D eigenvalue weighted by Crippen LogP contribution is 2.49. The number of carboxylic acids is 1. The molecule has 0 aromatic heterocycles. The third-order valence-corrected chi connectivity index (χ3v) is 5.69. The number of nitrogens with one attached hydrogen (secondary N) is 1. The molecule has 0 aromatic carbocycles. The molecule has 0 aromatic rings. The van der Waals surface area contributed by atoms with Crippen LogP contribution in [0.5, 0.6) is 0 Å². The Hall–Kier alpha value is -1.43. The summed E-state index contributed by atoms with van der Waals surface area (Å²) in [4.78, 5) is 37.2. The van der Waals surface area contributed by atoms with Gasteiger partial charge in [-0.15, -0.1) is 0 Å². The van der Waals surface area contributed by atoms with E-state index in [1.165, 1.54) is 4.90 Å². The maximum atomic E-state index is 12.4. The van der Waals surface area contributed by atoms with E-state index in [4.69, 9.17) is 0 Å². The number of imide groups is 1. The number of hydrogen-bond donors (Lipinski definition) is 2. The number of fused-ring (bicyclic) bond motifs is 2. The maximum Gasteiger partial charge on any atom is 0.308 e. The molecule has 0 radical (unpaired) electrons. The highest BCUT2D eigenvalue weighted by atomic mass is 16.4. The zero-order valence-corrected chi connectivity index (χ0v) is 11.8. The van der Waals surface area contributed by atoms with Crippen LogP contribution in [0.2, 0.25) is 0 Å². The van der Waals surface area contributed by atoms with Gasteiger partial charge in [-0.25, -0.2) is 0 Å². The summed E-state index contributed by atoms with van der Waals surface area (Å²) in [6.45, 7) is 0. The third-order valence-electron chi connectivity index (χ3n) is 5.69. The Kier molecular flexibility index (Phi) is 2.86. The fourth-order valence-electron chi connectivity index (χ4n) is 4.62. The molecular formula is C15H20N2O4. The number of carboxylic acid groups (broad SMARTS) is 1. The van der Waals surface area contributed by atoms with Crippen LogP contribution in [0.4, 0.5) is 0 Å². The zero-order valence-electron chi connectivity index (χ0n) is 11.8. The fraction of sp³-hybridized carbons (Fsp3) is 0.800. The lowest BCUT2D eigenvalue weighted by Crippen LogP contribution is -2.51. The first kappa shape index (κ1) is 13.2. The number of aliphatic carboxylic acids is 1. The number of hydrogen-bond acceptors (Lipinski definition) is 4. The fourth-order valence-corrected chi connectivity index (χ4v) is 4.62. The summed E-state index contributed by atoms with van der Waals surface area (Å²) in [5.41, 5.74) is 0. The molecule has 1 aliphatic heterocycles. The quantitative estimate of drug-likeness (QED) is 0.731. The number of rotatable bonds is 4.